The number of ether oxygens (including phenoxy) is 1. The Morgan fingerprint density at radius 1 is 1.11 bits per heavy atom. The molecule has 2 aromatic carbocycles. The highest BCUT2D eigenvalue weighted by Crippen LogP contribution is 2.31. The zero-order chi connectivity index (χ0) is 19.7. The van der Waals surface area contributed by atoms with E-state index in [0.717, 1.165) is 11.0 Å². The van der Waals surface area contributed by atoms with E-state index >= 15 is 0 Å². The standard InChI is InChI=1S/C19H12F3N3O2S/c20-19(21,22)27-16-8-4-2-6-13(16)17(26)23-14-7-3-1-5-12(14)15-11-25-9-10-28-18(25)24-15/h1-11H,(H,23,26). The summed E-state index contributed by atoms with van der Waals surface area (Å²) in [5, 5.41) is 4.56. The van der Waals surface area contributed by atoms with Crippen molar-refractivity contribution in [2.75, 3.05) is 5.32 Å². The van der Waals surface area contributed by atoms with E-state index in [1.54, 1.807) is 24.3 Å². The molecule has 0 atom stereocenters. The van der Waals surface area contributed by atoms with Gasteiger partial charge in [0.15, 0.2) is 4.96 Å². The third-order valence-electron chi connectivity index (χ3n) is 3.90. The zero-order valence-electron chi connectivity index (χ0n) is 14.1. The van der Waals surface area contributed by atoms with E-state index in [9.17, 15) is 18.0 Å². The van der Waals surface area contributed by atoms with Crippen LogP contribution in [0.4, 0.5) is 18.9 Å². The van der Waals surface area contributed by atoms with E-state index < -0.39 is 18.0 Å². The second kappa shape index (κ2) is 7.01. The van der Waals surface area contributed by atoms with Gasteiger partial charge in [-0.15, -0.1) is 24.5 Å². The number of carbonyl (C=O) groups excluding carboxylic acids is 1. The third kappa shape index (κ3) is 3.70. The highest BCUT2D eigenvalue weighted by Gasteiger charge is 2.33. The number of halogens is 3. The van der Waals surface area contributed by atoms with Crippen LogP contribution in [0.15, 0.2) is 66.3 Å². The Kier molecular flexibility index (Phi) is 4.52. The fourth-order valence-corrected chi connectivity index (χ4v) is 3.43. The number of benzene rings is 2. The first-order chi connectivity index (χ1) is 13.4. The molecule has 2 aromatic heterocycles. The van der Waals surface area contributed by atoms with Crippen molar-refractivity contribution < 1.29 is 22.7 Å². The molecule has 1 amide bonds. The number of amides is 1. The van der Waals surface area contributed by atoms with Crippen molar-refractivity contribution in [3.8, 4) is 17.0 Å². The highest BCUT2D eigenvalue weighted by molar-refractivity contribution is 7.15. The second-order valence-corrected chi connectivity index (χ2v) is 6.64. The van der Waals surface area contributed by atoms with Crippen molar-refractivity contribution in [1.82, 2.24) is 9.38 Å². The molecule has 4 rings (SSSR count). The monoisotopic (exact) mass is 403 g/mol. The molecule has 0 saturated carbocycles. The van der Waals surface area contributed by atoms with Crippen LogP contribution in [0.25, 0.3) is 16.2 Å². The highest BCUT2D eigenvalue weighted by atomic mass is 32.1. The smallest absolute Gasteiger partial charge is 0.405 e. The molecule has 0 fully saturated rings. The van der Waals surface area contributed by atoms with E-state index in [1.807, 2.05) is 22.2 Å². The van der Waals surface area contributed by atoms with Crippen LogP contribution in [0.1, 0.15) is 10.4 Å². The Hall–Kier alpha value is -3.33. The number of alkyl halides is 3. The number of rotatable bonds is 4. The number of aromatic nitrogens is 2. The van der Waals surface area contributed by atoms with Crippen molar-refractivity contribution >= 4 is 27.9 Å². The van der Waals surface area contributed by atoms with E-state index in [1.165, 1.54) is 29.5 Å². The van der Waals surface area contributed by atoms with E-state index in [2.05, 4.69) is 15.0 Å². The molecule has 28 heavy (non-hydrogen) atoms. The molecule has 0 aliphatic heterocycles. The van der Waals surface area contributed by atoms with Gasteiger partial charge in [-0.25, -0.2) is 4.98 Å². The summed E-state index contributed by atoms with van der Waals surface area (Å²) in [7, 11) is 0. The number of nitrogens with one attached hydrogen (secondary N) is 1. The Morgan fingerprint density at radius 2 is 1.86 bits per heavy atom. The number of fused-ring (bicyclic) bond motifs is 1. The second-order valence-electron chi connectivity index (χ2n) is 5.76. The van der Waals surface area contributed by atoms with Gasteiger partial charge in [0.05, 0.1) is 16.9 Å². The van der Waals surface area contributed by atoms with Crippen LogP contribution in [-0.4, -0.2) is 21.7 Å². The van der Waals surface area contributed by atoms with Crippen molar-refractivity contribution in [3.05, 3.63) is 71.9 Å². The van der Waals surface area contributed by atoms with Crippen molar-refractivity contribution in [3.63, 3.8) is 0 Å². The summed E-state index contributed by atoms with van der Waals surface area (Å²) in [6, 6.07) is 12.1. The van der Waals surface area contributed by atoms with E-state index in [-0.39, 0.29) is 5.56 Å². The lowest BCUT2D eigenvalue weighted by Crippen LogP contribution is -2.21. The quantitative estimate of drug-likeness (QED) is 0.509. The van der Waals surface area contributed by atoms with Crippen LogP contribution in [0.2, 0.25) is 0 Å². The molecule has 0 unspecified atom stereocenters. The van der Waals surface area contributed by atoms with Gasteiger partial charge in [0.25, 0.3) is 5.91 Å². The molecule has 0 spiro atoms. The molecule has 9 heteroatoms. The van der Waals surface area contributed by atoms with Crippen molar-refractivity contribution in [1.29, 1.82) is 0 Å². The lowest BCUT2D eigenvalue weighted by atomic mass is 10.1. The van der Waals surface area contributed by atoms with Crippen LogP contribution >= 0.6 is 11.3 Å². The molecule has 0 aliphatic carbocycles. The predicted octanol–water partition coefficient (Wildman–Crippen LogP) is 5.21. The Morgan fingerprint density at radius 3 is 2.64 bits per heavy atom. The largest absolute Gasteiger partial charge is 0.573 e. The number of para-hydroxylation sites is 2. The summed E-state index contributed by atoms with van der Waals surface area (Å²) in [6.45, 7) is 0. The molecule has 142 valence electrons. The lowest BCUT2D eigenvalue weighted by Gasteiger charge is -2.14. The molecule has 0 saturated heterocycles. The number of imidazole rings is 1. The molecule has 5 nitrogen and oxygen atoms in total. The van der Waals surface area contributed by atoms with Gasteiger partial charge in [0.2, 0.25) is 0 Å². The van der Waals surface area contributed by atoms with E-state index in [4.69, 9.17) is 0 Å². The van der Waals surface area contributed by atoms with Crippen LogP contribution < -0.4 is 10.1 Å². The van der Waals surface area contributed by atoms with Gasteiger partial charge in [-0.3, -0.25) is 9.20 Å². The van der Waals surface area contributed by atoms with Crippen LogP contribution in [0.5, 0.6) is 5.75 Å². The van der Waals surface area contributed by atoms with Crippen LogP contribution in [0, 0.1) is 0 Å². The van der Waals surface area contributed by atoms with Crippen LogP contribution in [-0.2, 0) is 0 Å². The molecule has 0 radical (unpaired) electrons. The maximum absolute atomic E-state index is 12.6. The molecule has 2 heterocycles. The van der Waals surface area contributed by atoms with Gasteiger partial charge in [0.1, 0.15) is 5.75 Å². The van der Waals surface area contributed by atoms with Crippen molar-refractivity contribution in [2.45, 2.75) is 6.36 Å². The lowest BCUT2D eigenvalue weighted by molar-refractivity contribution is -0.274. The molecule has 4 aromatic rings. The number of nitrogens with zero attached hydrogens (tertiary/aromatic N) is 2. The summed E-state index contributed by atoms with van der Waals surface area (Å²) in [5.74, 6) is -1.28. The van der Waals surface area contributed by atoms with Gasteiger partial charge >= 0.3 is 6.36 Å². The number of hydrogen-bond donors (Lipinski definition) is 1. The summed E-state index contributed by atoms with van der Waals surface area (Å²) >= 11 is 1.47. The van der Waals surface area contributed by atoms with Crippen LogP contribution in [0.3, 0.4) is 0 Å². The normalized spacial score (nSPS) is 11.5. The Balaban J connectivity index is 1.66. The Labute approximate surface area is 161 Å². The first-order valence-electron chi connectivity index (χ1n) is 8.08. The van der Waals surface area contributed by atoms with Gasteiger partial charge in [-0.05, 0) is 18.2 Å². The first kappa shape index (κ1) is 18.1. The summed E-state index contributed by atoms with van der Waals surface area (Å²) in [4.78, 5) is 17.9. The predicted molar refractivity (Wildman–Crippen MR) is 99.6 cm³/mol. The minimum absolute atomic E-state index is 0.222. The minimum Gasteiger partial charge on any atom is -0.405 e. The Bertz CT molecular complexity index is 1120. The molecule has 1 N–H and O–H groups in total. The van der Waals surface area contributed by atoms with Gasteiger partial charge in [0, 0.05) is 23.3 Å². The maximum Gasteiger partial charge on any atom is 0.573 e. The number of carbonyl (C=O) groups is 1. The SMILES string of the molecule is O=C(Nc1ccccc1-c1cn2ccsc2n1)c1ccccc1OC(F)(F)F. The fraction of sp³-hybridized carbons (Fsp3) is 0.0526. The maximum atomic E-state index is 12.6. The number of thiazole rings is 1. The number of hydrogen-bond acceptors (Lipinski definition) is 4. The molecule has 0 bridgehead atoms. The summed E-state index contributed by atoms with van der Waals surface area (Å²) in [6.07, 6.45) is -1.21. The summed E-state index contributed by atoms with van der Waals surface area (Å²) in [5.41, 5.74) is 1.50. The minimum atomic E-state index is -4.89. The van der Waals surface area contributed by atoms with E-state index in [0.29, 0.717) is 16.9 Å². The fourth-order valence-electron chi connectivity index (χ4n) is 2.73. The van der Waals surface area contributed by atoms with Gasteiger partial charge in [-0.2, -0.15) is 0 Å². The molecular formula is C19H12F3N3O2S. The molecular weight excluding hydrogens is 391 g/mol. The van der Waals surface area contributed by atoms with Crippen molar-refractivity contribution in [2.24, 2.45) is 0 Å². The number of anilines is 1. The molecule has 0 aliphatic rings. The topological polar surface area (TPSA) is 55.6 Å². The summed E-state index contributed by atoms with van der Waals surface area (Å²) < 4.78 is 43.6. The first-order valence-corrected chi connectivity index (χ1v) is 8.96. The van der Waals surface area contributed by atoms with Gasteiger partial charge < -0.3 is 10.1 Å². The van der Waals surface area contributed by atoms with Gasteiger partial charge in [-0.1, -0.05) is 30.3 Å². The zero-order valence-corrected chi connectivity index (χ0v) is 14.9. The third-order valence-corrected chi connectivity index (χ3v) is 4.67. The average molecular weight is 403 g/mol. The average Bonchev–Trinajstić information content (AvgIpc) is 3.23.